The molecule has 0 spiro atoms. The highest BCUT2D eigenvalue weighted by Gasteiger charge is 2.21. The fourth-order valence-corrected chi connectivity index (χ4v) is 5.18. The number of amides is 1. The lowest BCUT2D eigenvalue weighted by Crippen LogP contribution is -2.26. The predicted molar refractivity (Wildman–Crippen MR) is 103 cm³/mol. The summed E-state index contributed by atoms with van der Waals surface area (Å²) >= 11 is 0.990. The Morgan fingerprint density at radius 1 is 0.962 bits per heavy atom. The summed E-state index contributed by atoms with van der Waals surface area (Å²) in [7, 11) is -3.59. The van der Waals surface area contributed by atoms with Gasteiger partial charge in [-0.15, -0.1) is 11.3 Å². The standard InChI is InChI=1S/C20H19NO3S2/c1-15(16-8-4-2-5-9-16)14-21-20(22)18-12-13-19(25-18)26(23,24)17-10-6-3-7-11-17/h2-13,15H,14H2,1H3,(H,21,22). The molecule has 3 rings (SSSR count). The topological polar surface area (TPSA) is 63.2 Å². The Morgan fingerprint density at radius 2 is 1.58 bits per heavy atom. The number of benzene rings is 2. The Bertz CT molecular complexity index is 980. The van der Waals surface area contributed by atoms with Crippen LogP contribution in [0, 0.1) is 0 Å². The number of thiophene rings is 1. The van der Waals surface area contributed by atoms with Crippen LogP contribution in [0.5, 0.6) is 0 Å². The Balaban J connectivity index is 1.69. The van der Waals surface area contributed by atoms with Gasteiger partial charge in [-0.2, -0.15) is 0 Å². The Labute approximate surface area is 157 Å². The van der Waals surface area contributed by atoms with Crippen molar-refractivity contribution in [3.8, 4) is 0 Å². The van der Waals surface area contributed by atoms with Crippen molar-refractivity contribution >= 4 is 27.1 Å². The number of carbonyl (C=O) groups is 1. The van der Waals surface area contributed by atoms with Gasteiger partial charge in [0.15, 0.2) is 0 Å². The zero-order chi connectivity index (χ0) is 18.6. The maximum absolute atomic E-state index is 12.6. The molecule has 0 aliphatic rings. The summed E-state index contributed by atoms with van der Waals surface area (Å²) in [6, 6.07) is 21.2. The largest absolute Gasteiger partial charge is 0.351 e. The molecule has 0 bridgehead atoms. The first-order chi connectivity index (χ1) is 12.5. The maximum Gasteiger partial charge on any atom is 0.261 e. The fraction of sp³-hybridized carbons (Fsp3) is 0.150. The molecule has 0 saturated carbocycles. The third-order valence-corrected chi connectivity index (χ3v) is 7.41. The first-order valence-electron chi connectivity index (χ1n) is 8.21. The van der Waals surface area contributed by atoms with E-state index in [4.69, 9.17) is 0 Å². The van der Waals surface area contributed by atoms with Crippen molar-refractivity contribution in [1.82, 2.24) is 5.32 Å². The summed E-state index contributed by atoms with van der Waals surface area (Å²) in [4.78, 5) is 13.0. The minimum Gasteiger partial charge on any atom is -0.351 e. The molecule has 4 nitrogen and oxygen atoms in total. The molecule has 0 aliphatic heterocycles. The second kappa shape index (κ2) is 7.85. The van der Waals surface area contributed by atoms with Crippen LogP contribution in [-0.2, 0) is 9.84 Å². The van der Waals surface area contributed by atoms with E-state index in [0.717, 1.165) is 16.9 Å². The van der Waals surface area contributed by atoms with Crippen LogP contribution in [0.4, 0.5) is 0 Å². The molecule has 26 heavy (non-hydrogen) atoms. The quantitative estimate of drug-likeness (QED) is 0.694. The molecule has 0 saturated heterocycles. The summed E-state index contributed by atoms with van der Waals surface area (Å²) in [5.41, 5.74) is 1.14. The lowest BCUT2D eigenvalue weighted by Gasteiger charge is -2.12. The van der Waals surface area contributed by atoms with Gasteiger partial charge >= 0.3 is 0 Å². The van der Waals surface area contributed by atoms with Gasteiger partial charge in [0.2, 0.25) is 9.84 Å². The van der Waals surface area contributed by atoms with E-state index in [1.54, 1.807) is 36.4 Å². The molecule has 6 heteroatoms. The van der Waals surface area contributed by atoms with E-state index in [1.165, 1.54) is 6.07 Å². The first kappa shape index (κ1) is 18.4. The Morgan fingerprint density at radius 3 is 2.23 bits per heavy atom. The van der Waals surface area contributed by atoms with Crippen molar-refractivity contribution in [2.24, 2.45) is 0 Å². The first-order valence-corrected chi connectivity index (χ1v) is 10.5. The lowest BCUT2D eigenvalue weighted by molar-refractivity contribution is 0.0955. The van der Waals surface area contributed by atoms with E-state index in [0.29, 0.717) is 11.4 Å². The van der Waals surface area contributed by atoms with Crippen LogP contribution in [0.15, 0.2) is 81.9 Å². The average Bonchev–Trinajstić information content (AvgIpc) is 3.18. The Hall–Kier alpha value is -2.44. The second-order valence-corrected chi connectivity index (χ2v) is 9.22. The molecule has 134 valence electrons. The molecule has 0 fully saturated rings. The smallest absolute Gasteiger partial charge is 0.261 e. The summed E-state index contributed by atoms with van der Waals surface area (Å²) < 4.78 is 25.4. The zero-order valence-corrected chi connectivity index (χ0v) is 15.9. The van der Waals surface area contributed by atoms with Gasteiger partial charge in [-0.1, -0.05) is 55.5 Å². The van der Waals surface area contributed by atoms with Crippen molar-refractivity contribution in [2.45, 2.75) is 21.9 Å². The van der Waals surface area contributed by atoms with Crippen LogP contribution in [0.1, 0.15) is 28.1 Å². The third kappa shape index (κ3) is 4.03. The maximum atomic E-state index is 12.6. The summed E-state index contributed by atoms with van der Waals surface area (Å²) in [6.07, 6.45) is 0. The van der Waals surface area contributed by atoms with Gasteiger partial charge in [-0.25, -0.2) is 8.42 Å². The van der Waals surface area contributed by atoms with Gasteiger partial charge < -0.3 is 5.32 Å². The molecule has 1 heterocycles. The van der Waals surface area contributed by atoms with Crippen molar-refractivity contribution in [3.63, 3.8) is 0 Å². The second-order valence-electron chi connectivity index (χ2n) is 5.96. The molecule has 1 amide bonds. The highest BCUT2D eigenvalue weighted by molar-refractivity contribution is 7.93. The van der Waals surface area contributed by atoms with Gasteiger partial charge in [0.05, 0.1) is 9.77 Å². The fourth-order valence-electron chi connectivity index (χ4n) is 2.53. The van der Waals surface area contributed by atoms with Gasteiger partial charge in [0.1, 0.15) is 4.21 Å². The van der Waals surface area contributed by atoms with Gasteiger partial charge in [-0.3, -0.25) is 4.79 Å². The van der Waals surface area contributed by atoms with Crippen molar-refractivity contribution in [3.05, 3.63) is 83.2 Å². The molecular weight excluding hydrogens is 366 g/mol. The Kier molecular flexibility index (Phi) is 5.54. The van der Waals surface area contributed by atoms with Crippen LogP contribution in [0.2, 0.25) is 0 Å². The van der Waals surface area contributed by atoms with E-state index < -0.39 is 9.84 Å². The van der Waals surface area contributed by atoms with E-state index in [1.807, 2.05) is 37.3 Å². The van der Waals surface area contributed by atoms with Crippen molar-refractivity contribution in [1.29, 1.82) is 0 Å². The van der Waals surface area contributed by atoms with E-state index in [9.17, 15) is 13.2 Å². The number of carbonyl (C=O) groups excluding carboxylic acids is 1. The van der Waals surface area contributed by atoms with E-state index in [2.05, 4.69) is 5.32 Å². The van der Waals surface area contributed by atoms with E-state index >= 15 is 0 Å². The van der Waals surface area contributed by atoms with Crippen LogP contribution < -0.4 is 5.32 Å². The number of hydrogen-bond acceptors (Lipinski definition) is 4. The minimum atomic E-state index is -3.59. The normalized spacial score (nSPS) is 12.5. The molecule has 3 aromatic rings. The zero-order valence-electron chi connectivity index (χ0n) is 14.3. The summed E-state index contributed by atoms with van der Waals surface area (Å²) in [5.74, 6) is -0.0834. The molecule has 1 N–H and O–H groups in total. The van der Waals surface area contributed by atoms with Gasteiger partial charge in [0.25, 0.3) is 5.91 Å². The molecule has 1 atom stereocenters. The van der Waals surface area contributed by atoms with Crippen molar-refractivity contribution in [2.75, 3.05) is 6.54 Å². The van der Waals surface area contributed by atoms with Crippen LogP contribution in [-0.4, -0.2) is 20.9 Å². The third-order valence-electron chi connectivity index (χ3n) is 4.06. The number of rotatable bonds is 6. The van der Waals surface area contributed by atoms with Crippen LogP contribution in [0.25, 0.3) is 0 Å². The molecule has 0 aliphatic carbocycles. The molecule has 0 radical (unpaired) electrons. The van der Waals surface area contributed by atoms with E-state index in [-0.39, 0.29) is 20.9 Å². The number of nitrogens with one attached hydrogen (secondary N) is 1. The highest BCUT2D eigenvalue weighted by Crippen LogP contribution is 2.27. The van der Waals surface area contributed by atoms with Crippen LogP contribution >= 0.6 is 11.3 Å². The molecular formula is C20H19NO3S2. The van der Waals surface area contributed by atoms with Crippen molar-refractivity contribution < 1.29 is 13.2 Å². The average molecular weight is 386 g/mol. The minimum absolute atomic E-state index is 0.171. The predicted octanol–water partition coefficient (Wildman–Crippen LogP) is 4.11. The number of sulfone groups is 1. The van der Waals surface area contributed by atoms with Crippen LogP contribution in [0.3, 0.4) is 0 Å². The molecule has 1 aromatic heterocycles. The van der Waals surface area contributed by atoms with Gasteiger partial charge in [0, 0.05) is 6.54 Å². The molecule has 1 unspecified atom stereocenters. The van der Waals surface area contributed by atoms with Gasteiger partial charge in [-0.05, 0) is 35.7 Å². The number of hydrogen-bond donors (Lipinski definition) is 1. The lowest BCUT2D eigenvalue weighted by atomic mass is 10.0. The monoisotopic (exact) mass is 385 g/mol. The highest BCUT2D eigenvalue weighted by atomic mass is 32.2. The molecule has 2 aromatic carbocycles. The SMILES string of the molecule is CC(CNC(=O)c1ccc(S(=O)(=O)c2ccccc2)s1)c1ccccc1. The summed E-state index contributed by atoms with van der Waals surface area (Å²) in [6.45, 7) is 2.52. The summed E-state index contributed by atoms with van der Waals surface area (Å²) in [5, 5.41) is 2.88.